The molecule has 1 atom stereocenters. The lowest BCUT2D eigenvalue weighted by Crippen LogP contribution is -2.39. The molecule has 3 rings (SSSR count). The summed E-state index contributed by atoms with van der Waals surface area (Å²) < 4.78 is 7.23. The largest absolute Gasteiger partial charge is 0.356 e. The highest BCUT2D eigenvalue weighted by Crippen LogP contribution is 2.32. The van der Waals surface area contributed by atoms with Gasteiger partial charge in [-0.25, -0.2) is 0 Å². The first-order valence-electron chi connectivity index (χ1n) is 9.20. The number of aryl methyl sites for hydroxylation is 1. The molecule has 140 valence electrons. The first-order valence-corrected chi connectivity index (χ1v) is 9.20. The van der Waals surface area contributed by atoms with E-state index in [0.717, 1.165) is 45.6 Å². The van der Waals surface area contributed by atoms with E-state index in [4.69, 9.17) is 9.84 Å². The van der Waals surface area contributed by atoms with Gasteiger partial charge in [0.2, 0.25) is 6.41 Å². The van der Waals surface area contributed by atoms with Gasteiger partial charge in [-0.3, -0.25) is 14.5 Å². The number of likely N-dealkylation sites (N-methyl/N-ethyl adjacent to an activating group) is 2. The Labute approximate surface area is 150 Å². The Kier molecular flexibility index (Phi) is 6.24. The van der Waals surface area contributed by atoms with E-state index in [0.29, 0.717) is 6.54 Å². The zero-order valence-corrected chi connectivity index (χ0v) is 15.7. The van der Waals surface area contributed by atoms with Gasteiger partial charge in [-0.15, -0.1) is 0 Å². The number of nitrogens with one attached hydrogen (secondary N) is 1. The lowest BCUT2D eigenvalue weighted by atomic mass is 9.96. The topological polar surface area (TPSA) is 65.8 Å². The van der Waals surface area contributed by atoms with Gasteiger partial charge in [-0.2, -0.15) is 5.10 Å². The monoisotopic (exact) mass is 349 g/mol. The maximum absolute atomic E-state index is 9.86. The minimum atomic E-state index is -0.817. The standard InChI is InChI=1S/C18H31N5O2/c1-19-8-12-21(2)13-15-17(16-5-4-9-23(16)20-15)14-6-10-22(11-7-14)18(24)25-3/h6,18-19,24H,4-5,7-13H2,1-3H3. The van der Waals surface area contributed by atoms with Crippen molar-refractivity contribution in [3.05, 3.63) is 23.0 Å². The molecule has 0 radical (unpaired) electrons. The number of hydrogen-bond donors (Lipinski definition) is 2. The van der Waals surface area contributed by atoms with E-state index in [1.807, 2.05) is 11.9 Å². The molecule has 0 saturated carbocycles. The number of aromatic nitrogens is 2. The highest BCUT2D eigenvalue weighted by Gasteiger charge is 2.27. The number of hydrogen-bond acceptors (Lipinski definition) is 6. The van der Waals surface area contributed by atoms with E-state index in [1.165, 1.54) is 36.1 Å². The van der Waals surface area contributed by atoms with Crippen molar-refractivity contribution >= 4 is 5.57 Å². The Morgan fingerprint density at radius 3 is 2.92 bits per heavy atom. The average molecular weight is 349 g/mol. The minimum Gasteiger partial charge on any atom is -0.356 e. The second-order valence-electron chi connectivity index (χ2n) is 6.97. The van der Waals surface area contributed by atoms with Crippen LogP contribution in [0.25, 0.3) is 5.57 Å². The van der Waals surface area contributed by atoms with Crippen LogP contribution in [0.15, 0.2) is 6.08 Å². The molecule has 1 aromatic rings. The van der Waals surface area contributed by atoms with Crippen molar-refractivity contribution in [2.24, 2.45) is 0 Å². The summed E-state index contributed by atoms with van der Waals surface area (Å²) in [6.45, 7) is 5.41. The van der Waals surface area contributed by atoms with E-state index in [1.54, 1.807) is 0 Å². The molecule has 0 fully saturated rings. The lowest BCUT2D eigenvalue weighted by Gasteiger charge is -2.29. The number of aliphatic hydroxyl groups is 1. The summed E-state index contributed by atoms with van der Waals surface area (Å²) >= 11 is 0. The summed E-state index contributed by atoms with van der Waals surface area (Å²) in [6, 6.07) is 0. The molecule has 0 aliphatic carbocycles. The van der Waals surface area contributed by atoms with Gasteiger partial charge in [0, 0.05) is 57.6 Å². The Morgan fingerprint density at radius 1 is 1.40 bits per heavy atom. The van der Waals surface area contributed by atoms with Crippen molar-refractivity contribution < 1.29 is 9.84 Å². The molecule has 1 aromatic heterocycles. The molecule has 0 spiro atoms. The van der Waals surface area contributed by atoms with Gasteiger partial charge in [0.05, 0.1) is 5.69 Å². The molecule has 0 bridgehead atoms. The van der Waals surface area contributed by atoms with Crippen LogP contribution < -0.4 is 5.32 Å². The zero-order valence-electron chi connectivity index (χ0n) is 15.7. The van der Waals surface area contributed by atoms with Crippen molar-refractivity contribution in [2.45, 2.75) is 38.8 Å². The molecule has 7 nitrogen and oxygen atoms in total. The highest BCUT2D eigenvalue weighted by molar-refractivity contribution is 5.70. The quantitative estimate of drug-likeness (QED) is 0.666. The van der Waals surface area contributed by atoms with Crippen LogP contribution in [-0.2, 0) is 24.2 Å². The van der Waals surface area contributed by atoms with E-state index in [2.05, 4.69) is 28.0 Å². The summed E-state index contributed by atoms with van der Waals surface area (Å²) in [6.07, 6.45) is 4.64. The van der Waals surface area contributed by atoms with Crippen molar-refractivity contribution in [3.8, 4) is 0 Å². The van der Waals surface area contributed by atoms with Crippen LogP contribution in [0.4, 0.5) is 0 Å². The molecule has 2 aliphatic heterocycles. The van der Waals surface area contributed by atoms with Crippen LogP contribution in [0.2, 0.25) is 0 Å². The van der Waals surface area contributed by atoms with Crippen LogP contribution in [0.3, 0.4) is 0 Å². The van der Waals surface area contributed by atoms with E-state index < -0.39 is 6.41 Å². The Bertz CT molecular complexity index is 613. The van der Waals surface area contributed by atoms with Gasteiger partial charge in [0.1, 0.15) is 0 Å². The molecule has 2 aliphatic rings. The van der Waals surface area contributed by atoms with Crippen LogP contribution in [0, 0.1) is 0 Å². The van der Waals surface area contributed by atoms with Crippen molar-refractivity contribution in [2.75, 3.05) is 47.4 Å². The van der Waals surface area contributed by atoms with Gasteiger partial charge in [-0.05, 0) is 38.9 Å². The van der Waals surface area contributed by atoms with E-state index in [9.17, 15) is 5.11 Å². The van der Waals surface area contributed by atoms with E-state index >= 15 is 0 Å². The normalized spacial score (nSPS) is 19.3. The number of fused-ring (bicyclic) bond motifs is 1. The average Bonchev–Trinajstić information content (AvgIpc) is 3.20. The molecule has 0 aromatic carbocycles. The third kappa shape index (κ3) is 4.12. The number of nitrogens with zero attached hydrogens (tertiary/aromatic N) is 4. The maximum Gasteiger partial charge on any atom is 0.216 e. The molecule has 1 unspecified atom stereocenters. The molecule has 0 saturated heterocycles. The van der Waals surface area contributed by atoms with Gasteiger partial charge in [0.15, 0.2) is 0 Å². The van der Waals surface area contributed by atoms with Gasteiger partial charge >= 0.3 is 0 Å². The number of ether oxygens (including phenoxy) is 1. The summed E-state index contributed by atoms with van der Waals surface area (Å²) in [5, 5.41) is 18.0. The second-order valence-corrected chi connectivity index (χ2v) is 6.97. The Balaban J connectivity index is 1.79. The van der Waals surface area contributed by atoms with Crippen LogP contribution in [-0.4, -0.2) is 78.5 Å². The van der Waals surface area contributed by atoms with Gasteiger partial charge in [0.25, 0.3) is 0 Å². The first kappa shape index (κ1) is 18.5. The highest BCUT2D eigenvalue weighted by atomic mass is 16.6. The molecule has 0 amide bonds. The summed E-state index contributed by atoms with van der Waals surface area (Å²) in [4.78, 5) is 4.26. The smallest absolute Gasteiger partial charge is 0.216 e. The number of rotatable bonds is 8. The fraction of sp³-hybridized carbons (Fsp3) is 0.722. The van der Waals surface area contributed by atoms with Crippen LogP contribution >= 0.6 is 0 Å². The van der Waals surface area contributed by atoms with Crippen molar-refractivity contribution in [1.82, 2.24) is 24.9 Å². The van der Waals surface area contributed by atoms with Crippen molar-refractivity contribution in [3.63, 3.8) is 0 Å². The Morgan fingerprint density at radius 2 is 2.24 bits per heavy atom. The van der Waals surface area contributed by atoms with E-state index in [-0.39, 0.29) is 0 Å². The predicted octanol–water partition coefficient (Wildman–Crippen LogP) is 0.492. The fourth-order valence-electron chi connectivity index (χ4n) is 3.77. The van der Waals surface area contributed by atoms with Gasteiger partial charge < -0.3 is 15.2 Å². The van der Waals surface area contributed by atoms with Crippen LogP contribution in [0.1, 0.15) is 29.8 Å². The molecule has 2 N–H and O–H groups in total. The second kappa shape index (κ2) is 8.42. The van der Waals surface area contributed by atoms with Crippen molar-refractivity contribution in [1.29, 1.82) is 0 Å². The summed E-state index contributed by atoms with van der Waals surface area (Å²) in [5.74, 6) is 0. The third-order valence-electron chi connectivity index (χ3n) is 5.16. The predicted molar refractivity (Wildman–Crippen MR) is 98.0 cm³/mol. The SMILES string of the molecule is CNCCN(C)Cc1nn2c(c1C1=CCN(C(O)OC)CC1)CCC2. The molecule has 7 heteroatoms. The molecule has 3 heterocycles. The Hall–Kier alpha value is -1.25. The fourth-order valence-corrected chi connectivity index (χ4v) is 3.77. The minimum absolute atomic E-state index is 0.712. The lowest BCUT2D eigenvalue weighted by molar-refractivity contribution is -0.173. The number of aliphatic hydroxyl groups excluding tert-OH is 1. The van der Waals surface area contributed by atoms with Gasteiger partial charge in [-0.1, -0.05) is 6.08 Å². The van der Waals surface area contributed by atoms with Crippen LogP contribution in [0.5, 0.6) is 0 Å². The summed E-state index contributed by atoms with van der Waals surface area (Å²) in [7, 11) is 5.67. The third-order valence-corrected chi connectivity index (χ3v) is 5.16. The zero-order chi connectivity index (χ0) is 17.8. The molecular weight excluding hydrogens is 318 g/mol. The first-order chi connectivity index (χ1) is 12.1. The summed E-state index contributed by atoms with van der Waals surface area (Å²) in [5.41, 5.74) is 5.32. The molecular formula is C18H31N5O2. The number of methoxy groups -OCH3 is 1. The maximum atomic E-state index is 9.86. The molecule has 25 heavy (non-hydrogen) atoms.